The molecule has 1 rings (SSSR count). The summed E-state index contributed by atoms with van der Waals surface area (Å²) in [5, 5.41) is 5.31. The Morgan fingerprint density at radius 2 is 2.14 bits per heavy atom. The molecular weight excluding hydrogens is 292 g/mol. The number of hydrogen-bond donors (Lipinski definition) is 2. The minimum atomic E-state index is -3.35. The van der Waals surface area contributed by atoms with Gasteiger partial charge in [0.1, 0.15) is 0 Å². The van der Waals surface area contributed by atoms with E-state index in [-0.39, 0.29) is 31.7 Å². The number of hydrogen-bond acceptors (Lipinski definition) is 4. The lowest BCUT2D eigenvalue weighted by molar-refractivity contribution is 0.237. The molecule has 0 aliphatic rings. The van der Waals surface area contributed by atoms with E-state index in [4.69, 9.17) is 0 Å². The fourth-order valence-electron chi connectivity index (χ4n) is 1.66. The molecule has 0 saturated heterocycles. The van der Waals surface area contributed by atoms with Crippen LogP contribution < -0.4 is 10.6 Å². The monoisotopic (exact) mass is 314 g/mol. The number of nitrogens with zero attached hydrogens (tertiary/aromatic N) is 2. The first-order valence-corrected chi connectivity index (χ1v) is 8.52. The molecule has 2 amide bonds. The van der Waals surface area contributed by atoms with Crippen molar-refractivity contribution in [2.75, 3.05) is 19.3 Å². The summed E-state index contributed by atoms with van der Waals surface area (Å²) >= 11 is 0. The van der Waals surface area contributed by atoms with Gasteiger partial charge in [-0.25, -0.2) is 13.2 Å². The van der Waals surface area contributed by atoms with E-state index in [0.717, 1.165) is 11.8 Å². The summed E-state index contributed by atoms with van der Waals surface area (Å²) in [4.78, 5) is 15.4. The third kappa shape index (κ3) is 7.05. The Labute approximate surface area is 125 Å². The van der Waals surface area contributed by atoms with Crippen LogP contribution >= 0.6 is 0 Å². The second kappa shape index (κ2) is 7.94. The van der Waals surface area contributed by atoms with Crippen LogP contribution in [-0.4, -0.2) is 49.1 Å². The van der Waals surface area contributed by atoms with Crippen LogP contribution in [0.4, 0.5) is 4.79 Å². The van der Waals surface area contributed by atoms with Crippen LogP contribution in [0, 0.1) is 0 Å². The Morgan fingerprint density at radius 1 is 1.43 bits per heavy atom. The van der Waals surface area contributed by atoms with Crippen LogP contribution in [0.1, 0.15) is 19.4 Å². The van der Waals surface area contributed by atoms with Crippen molar-refractivity contribution in [3.8, 4) is 0 Å². The first-order valence-electron chi connectivity index (χ1n) is 6.67. The summed E-state index contributed by atoms with van der Waals surface area (Å²) in [6, 6.07) is 3.29. The normalized spacial score (nSPS) is 11.7. The molecule has 0 atom stereocenters. The van der Waals surface area contributed by atoms with Crippen LogP contribution in [-0.2, 0) is 16.6 Å². The quantitative estimate of drug-likeness (QED) is 0.769. The Balaban J connectivity index is 2.54. The number of carbonyl (C=O) groups excluding carboxylic acids is 1. The van der Waals surface area contributed by atoms with Crippen LogP contribution in [0.5, 0.6) is 0 Å². The molecule has 21 heavy (non-hydrogen) atoms. The number of amides is 2. The lowest BCUT2D eigenvalue weighted by Gasteiger charge is -2.20. The fourth-order valence-corrected chi connectivity index (χ4v) is 2.47. The van der Waals surface area contributed by atoms with Gasteiger partial charge in [-0.3, -0.25) is 4.98 Å². The third-order valence-corrected chi connectivity index (χ3v) is 3.87. The molecule has 0 fully saturated rings. The van der Waals surface area contributed by atoms with E-state index < -0.39 is 10.0 Å². The third-order valence-electron chi connectivity index (χ3n) is 2.62. The lowest BCUT2D eigenvalue weighted by Crippen LogP contribution is -2.43. The first kappa shape index (κ1) is 17.4. The number of carbonyl (C=O) groups is 1. The standard InChI is InChI=1S/C13H22N4O3S/c1-11(2)16-13(18)15-7-8-17(21(3,19)20)10-12-5-4-6-14-9-12/h4-6,9,11H,7-8,10H2,1-3H3,(H2,15,16,18). The Kier molecular flexibility index (Phi) is 6.57. The molecule has 0 radical (unpaired) electrons. The Bertz CT molecular complexity index is 546. The van der Waals surface area contributed by atoms with Crippen molar-refractivity contribution in [2.45, 2.75) is 26.4 Å². The number of sulfonamides is 1. The highest BCUT2D eigenvalue weighted by molar-refractivity contribution is 7.88. The van der Waals surface area contributed by atoms with Crippen molar-refractivity contribution < 1.29 is 13.2 Å². The summed E-state index contributed by atoms with van der Waals surface area (Å²) in [5.74, 6) is 0. The van der Waals surface area contributed by atoms with Crippen LogP contribution in [0.3, 0.4) is 0 Å². The minimum Gasteiger partial charge on any atom is -0.337 e. The molecule has 0 unspecified atom stereocenters. The van der Waals surface area contributed by atoms with E-state index in [0.29, 0.717) is 0 Å². The van der Waals surface area contributed by atoms with Gasteiger partial charge in [0.15, 0.2) is 0 Å². The molecule has 0 spiro atoms. The van der Waals surface area contributed by atoms with E-state index >= 15 is 0 Å². The van der Waals surface area contributed by atoms with Crippen LogP contribution in [0.2, 0.25) is 0 Å². The molecule has 0 saturated carbocycles. The summed E-state index contributed by atoms with van der Waals surface area (Å²) < 4.78 is 24.8. The molecule has 1 heterocycles. The van der Waals surface area contributed by atoms with E-state index in [1.807, 2.05) is 19.9 Å². The largest absolute Gasteiger partial charge is 0.337 e. The maximum Gasteiger partial charge on any atom is 0.315 e. The zero-order valence-electron chi connectivity index (χ0n) is 12.5. The van der Waals surface area contributed by atoms with Crippen molar-refractivity contribution in [1.82, 2.24) is 19.9 Å². The fraction of sp³-hybridized carbons (Fsp3) is 0.538. The van der Waals surface area contributed by atoms with Gasteiger partial charge < -0.3 is 10.6 Å². The highest BCUT2D eigenvalue weighted by Gasteiger charge is 2.17. The number of rotatable bonds is 7. The van der Waals surface area contributed by atoms with Gasteiger partial charge >= 0.3 is 6.03 Å². The van der Waals surface area contributed by atoms with Gasteiger partial charge in [-0.05, 0) is 25.5 Å². The van der Waals surface area contributed by atoms with Crippen LogP contribution in [0.15, 0.2) is 24.5 Å². The maximum atomic E-state index is 11.8. The van der Waals surface area contributed by atoms with Crippen molar-refractivity contribution in [3.63, 3.8) is 0 Å². The van der Waals surface area contributed by atoms with Gasteiger partial charge in [0.2, 0.25) is 10.0 Å². The topological polar surface area (TPSA) is 91.4 Å². The molecule has 0 aliphatic carbocycles. The van der Waals surface area contributed by atoms with Gasteiger partial charge in [0, 0.05) is 38.1 Å². The molecule has 7 nitrogen and oxygen atoms in total. The smallest absolute Gasteiger partial charge is 0.315 e. The van der Waals surface area contributed by atoms with Gasteiger partial charge in [-0.1, -0.05) is 6.07 Å². The number of aromatic nitrogens is 1. The average molecular weight is 314 g/mol. The zero-order valence-corrected chi connectivity index (χ0v) is 13.4. The van der Waals surface area contributed by atoms with E-state index in [2.05, 4.69) is 15.6 Å². The predicted molar refractivity (Wildman–Crippen MR) is 81.2 cm³/mol. The molecule has 118 valence electrons. The highest BCUT2D eigenvalue weighted by atomic mass is 32.2. The average Bonchev–Trinajstić information content (AvgIpc) is 2.36. The van der Waals surface area contributed by atoms with Gasteiger partial charge in [0.05, 0.1) is 6.26 Å². The van der Waals surface area contributed by atoms with Crippen molar-refractivity contribution in [1.29, 1.82) is 0 Å². The maximum absolute atomic E-state index is 11.8. The SMILES string of the molecule is CC(C)NC(=O)NCCN(Cc1cccnc1)S(C)(=O)=O. The molecule has 8 heteroatoms. The van der Waals surface area contributed by atoms with Gasteiger partial charge in [-0.2, -0.15) is 4.31 Å². The minimum absolute atomic E-state index is 0.0337. The molecule has 0 aromatic carbocycles. The van der Waals surface area contributed by atoms with Crippen LogP contribution in [0.25, 0.3) is 0 Å². The lowest BCUT2D eigenvalue weighted by atomic mass is 10.3. The van der Waals surface area contributed by atoms with Crippen molar-refractivity contribution in [2.24, 2.45) is 0 Å². The molecular formula is C13H22N4O3S. The molecule has 0 aliphatic heterocycles. The van der Waals surface area contributed by atoms with Gasteiger partial charge in [0.25, 0.3) is 0 Å². The van der Waals surface area contributed by atoms with E-state index in [1.54, 1.807) is 18.5 Å². The van der Waals surface area contributed by atoms with Crippen molar-refractivity contribution in [3.05, 3.63) is 30.1 Å². The second-order valence-corrected chi connectivity index (χ2v) is 7.00. The highest BCUT2D eigenvalue weighted by Crippen LogP contribution is 2.06. The summed E-state index contributed by atoms with van der Waals surface area (Å²) in [6.07, 6.45) is 4.40. The Hall–Kier alpha value is -1.67. The number of pyridine rings is 1. The van der Waals surface area contributed by atoms with E-state index in [1.165, 1.54) is 4.31 Å². The Morgan fingerprint density at radius 3 is 2.67 bits per heavy atom. The molecule has 1 aromatic heterocycles. The first-order chi connectivity index (χ1) is 9.79. The summed E-state index contributed by atoms with van der Waals surface area (Å²) in [6.45, 7) is 4.39. The zero-order chi connectivity index (χ0) is 15.9. The summed E-state index contributed by atoms with van der Waals surface area (Å²) in [7, 11) is -3.35. The molecule has 1 aromatic rings. The number of nitrogens with one attached hydrogen (secondary N) is 2. The van der Waals surface area contributed by atoms with Crippen molar-refractivity contribution >= 4 is 16.1 Å². The van der Waals surface area contributed by atoms with Gasteiger partial charge in [-0.15, -0.1) is 0 Å². The predicted octanol–water partition coefficient (Wildman–Crippen LogP) is 0.551. The van der Waals surface area contributed by atoms with E-state index in [9.17, 15) is 13.2 Å². The summed E-state index contributed by atoms with van der Waals surface area (Å²) in [5.41, 5.74) is 0.801. The second-order valence-electron chi connectivity index (χ2n) is 5.01. The number of urea groups is 1. The molecule has 2 N–H and O–H groups in total. The molecule has 0 bridgehead atoms.